The van der Waals surface area contributed by atoms with Crippen molar-refractivity contribution in [3.05, 3.63) is 139 Å². The maximum atomic E-state index is 4.81. The summed E-state index contributed by atoms with van der Waals surface area (Å²) in [6.07, 6.45) is 3.14. The van der Waals surface area contributed by atoms with E-state index in [4.69, 9.17) is 15.0 Å². The molecule has 0 N–H and O–H groups in total. The molecule has 7 aromatic rings. The van der Waals surface area contributed by atoms with Crippen molar-refractivity contribution in [1.82, 2.24) is 34.9 Å². The Bertz CT molecular complexity index is 2090. The minimum absolute atomic E-state index is 0.608. The second kappa shape index (κ2) is 11.7. The molecular formula is C37H27N7. The highest BCUT2D eigenvalue weighted by atomic mass is 15.0. The standard InChI is InChI=1S/C37H27N7/c1-24-16-18-31(25(2)42-24)33-21-30(37-41-23-39-35(44-37)27-12-7-4-8-13-27)17-19-32(33)28-14-9-15-29(20-28)36-40-22-38-34(43-36)26-10-5-3-6-11-26/h3-23H,1-2H3. The van der Waals surface area contributed by atoms with E-state index in [0.717, 1.165) is 55.9 Å². The van der Waals surface area contributed by atoms with E-state index in [1.165, 1.54) is 0 Å². The average Bonchev–Trinajstić information content (AvgIpc) is 3.09. The molecule has 7 nitrogen and oxygen atoms in total. The quantitative estimate of drug-likeness (QED) is 0.200. The molecule has 210 valence electrons. The molecule has 0 saturated carbocycles. The third kappa shape index (κ3) is 5.46. The van der Waals surface area contributed by atoms with E-state index in [2.05, 4.69) is 56.3 Å². The fourth-order valence-corrected chi connectivity index (χ4v) is 5.28. The number of rotatable bonds is 6. The molecule has 0 aliphatic rings. The van der Waals surface area contributed by atoms with Gasteiger partial charge in [0.15, 0.2) is 23.3 Å². The van der Waals surface area contributed by atoms with Gasteiger partial charge in [0.25, 0.3) is 0 Å². The molecule has 0 radical (unpaired) electrons. The SMILES string of the molecule is Cc1ccc(-c2cc(-c3ncnc(-c4ccccc4)n3)ccc2-c2cccc(-c3ncnc(-c4ccccc4)n3)c2)c(C)n1. The molecule has 0 amide bonds. The summed E-state index contributed by atoms with van der Waals surface area (Å²) in [5.74, 6) is 2.50. The topological polar surface area (TPSA) is 90.2 Å². The third-order valence-corrected chi connectivity index (χ3v) is 7.43. The molecule has 0 fully saturated rings. The molecule has 0 aliphatic heterocycles. The normalized spacial score (nSPS) is 11.0. The Morgan fingerprint density at radius 2 is 0.864 bits per heavy atom. The second-order valence-electron chi connectivity index (χ2n) is 10.4. The Balaban J connectivity index is 1.34. The first-order chi connectivity index (χ1) is 21.6. The summed E-state index contributed by atoms with van der Waals surface area (Å²) >= 11 is 0. The summed E-state index contributed by atoms with van der Waals surface area (Å²) < 4.78 is 0. The highest BCUT2D eigenvalue weighted by Gasteiger charge is 2.16. The fraction of sp³-hybridized carbons (Fsp3) is 0.0541. The van der Waals surface area contributed by atoms with Crippen molar-refractivity contribution < 1.29 is 0 Å². The van der Waals surface area contributed by atoms with Crippen molar-refractivity contribution in [3.8, 4) is 67.8 Å². The van der Waals surface area contributed by atoms with Gasteiger partial charge in [-0.1, -0.05) is 97.1 Å². The van der Waals surface area contributed by atoms with Crippen molar-refractivity contribution in [2.24, 2.45) is 0 Å². The molecule has 0 unspecified atom stereocenters. The Labute approximate surface area is 255 Å². The van der Waals surface area contributed by atoms with Gasteiger partial charge in [-0.2, -0.15) is 0 Å². The lowest BCUT2D eigenvalue weighted by Crippen LogP contribution is -1.98. The number of nitrogens with zero attached hydrogens (tertiary/aromatic N) is 7. The van der Waals surface area contributed by atoms with Crippen LogP contribution in [0, 0.1) is 13.8 Å². The summed E-state index contributed by atoms with van der Waals surface area (Å²) in [5.41, 5.74) is 9.77. The van der Waals surface area contributed by atoms with Gasteiger partial charge in [-0.25, -0.2) is 29.9 Å². The summed E-state index contributed by atoms with van der Waals surface area (Å²) in [6.45, 7) is 4.05. The smallest absolute Gasteiger partial charge is 0.163 e. The van der Waals surface area contributed by atoms with E-state index in [9.17, 15) is 0 Å². The predicted octanol–water partition coefficient (Wildman–Crippen LogP) is 8.07. The van der Waals surface area contributed by atoms with E-state index >= 15 is 0 Å². The largest absolute Gasteiger partial charge is 0.258 e. The number of hydrogen-bond acceptors (Lipinski definition) is 7. The van der Waals surface area contributed by atoms with Gasteiger partial charge in [-0.15, -0.1) is 0 Å². The third-order valence-electron chi connectivity index (χ3n) is 7.43. The minimum Gasteiger partial charge on any atom is -0.258 e. The summed E-state index contributed by atoms with van der Waals surface area (Å²) in [5, 5.41) is 0. The van der Waals surface area contributed by atoms with E-state index in [1.54, 1.807) is 12.7 Å². The first-order valence-corrected chi connectivity index (χ1v) is 14.3. The lowest BCUT2D eigenvalue weighted by molar-refractivity contribution is 1.06. The molecule has 7 rings (SSSR count). The zero-order valence-electron chi connectivity index (χ0n) is 24.3. The van der Waals surface area contributed by atoms with Gasteiger partial charge in [0.2, 0.25) is 0 Å². The minimum atomic E-state index is 0.608. The van der Waals surface area contributed by atoms with Crippen LogP contribution in [0.25, 0.3) is 67.8 Å². The van der Waals surface area contributed by atoms with Gasteiger partial charge in [0, 0.05) is 39.2 Å². The van der Waals surface area contributed by atoms with Crippen LogP contribution in [0.3, 0.4) is 0 Å². The van der Waals surface area contributed by atoms with Crippen molar-refractivity contribution in [2.45, 2.75) is 13.8 Å². The van der Waals surface area contributed by atoms with Crippen molar-refractivity contribution in [2.75, 3.05) is 0 Å². The maximum Gasteiger partial charge on any atom is 0.163 e. The van der Waals surface area contributed by atoms with Crippen LogP contribution < -0.4 is 0 Å². The number of aromatic nitrogens is 7. The maximum absolute atomic E-state index is 4.81. The van der Waals surface area contributed by atoms with E-state index in [0.29, 0.717) is 23.3 Å². The van der Waals surface area contributed by atoms with Crippen LogP contribution in [-0.2, 0) is 0 Å². The molecule has 0 atom stereocenters. The highest BCUT2D eigenvalue weighted by Crippen LogP contribution is 2.37. The second-order valence-corrected chi connectivity index (χ2v) is 10.4. The van der Waals surface area contributed by atoms with Crippen LogP contribution in [0.2, 0.25) is 0 Å². The van der Waals surface area contributed by atoms with Gasteiger partial charge in [0.1, 0.15) is 12.7 Å². The zero-order chi connectivity index (χ0) is 29.9. The average molecular weight is 570 g/mol. The molecule has 3 heterocycles. The van der Waals surface area contributed by atoms with E-state index < -0.39 is 0 Å². The lowest BCUT2D eigenvalue weighted by Gasteiger charge is -2.15. The number of hydrogen-bond donors (Lipinski definition) is 0. The van der Waals surface area contributed by atoms with Crippen LogP contribution >= 0.6 is 0 Å². The van der Waals surface area contributed by atoms with Crippen molar-refractivity contribution in [1.29, 1.82) is 0 Å². The molecular weight excluding hydrogens is 542 g/mol. The fourth-order valence-electron chi connectivity index (χ4n) is 5.28. The molecule has 0 bridgehead atoms. The Morgan fingerprint density at radius 1 is 0.364 bits per heavy atom. The molecule has 0 saturated heterocycles. The molecule has 0 spiro atoms. The Kier molecular flexibility index (Phi) is 7.18. The molecule has 4 aromatic carbocycles. The molecule has 44 heavy (non-hydrogen) atoms. The first-order valence-electron chi connectivity index (χ1n) is 14.3. The van der Waals surface area contributed by atoms with Gasteiger partial charge in [-0.3, -0.25) is 4.98 Å². The van der Waals surface area contributed by atoms with Crippen LogP contribution in [0.15, 0.2) is 128 Å². The van der Waals surface area contributed by atoms with Gasteiger partial charge < -0.3 is 0 Å². The van der Waals surface area contributed by atoms with Crippen molar-refractivity contribution in [3.63, 3.8) is 0 Å². The summed E-state index contributed by atoms with van der Waals surface area (Å²) in [4.78, 5) is 32.2. The highest BCUT2D eigenvalue weighted by molar-refractivity contribution is 5.88. The van der Waals surface area contributed by atoms with Crippen LogP contribution in [-0.4, -0.2) is 34.9 Å². The van der Waals surface area contributed by atoms with Gasteiger partial charge in [0.05, 0.1) is 0 Å². The number of aryl methyl sites for hydroxylation is 2. The lowest BCUT2D eigenvalue weighted by atomic mass is 9.91. The van der Waals surface area contributed by atoms with E-state index in [-0.39, 0.29) is 0 Å². The van der Waals surface area contributed by atoms with E-state index in [1.807, 2.05) is 92.7 Å². The van der Waals surface area contributed by atoms with Gasteiger partial charge >= 0.3 is 0 Å². The first kappa shape index (κ1) is 26.9. The van der Waals surface area contributed by atoms with Crippen molar-refractivity contribution >= 4 is 0 Å². The summed E-state index contributed by atoms with van der Waals surface area (Å²) in [7, 11) is 0. The van der Waals surface area contributed by atoms with Crippen LogP contribution in [0.4, 0.5) is 0 Å². The van der Waals surface area contributed by atoms with Gasteiger partial charge in [-0.05, 0) is 48.7 Å². The number of benzene rings is 4. The summed E-state index contributed by atoms with van der Waals surface area (Å²) in [6, 6.07) is 38.6. The molecule has 7 heteroatoms. The van der Waals surface area contributed by atoms with Crippen LogP contribution in [0.5, 0.6) is 0 Å². The molecule has 3 aromatic heterocycles. The Hall–Kier alpha value is -5.95. The predicted molar refractivity (Wildman–Crippen MR) is 173 cm³/mol. The number of pyridine rings is 1. The molecule has 0 aliphatic carbocycles. The van der Waals surface area contributed by atoms with Crippen LogP contribution in [0.1, 0.15) is 11.4 Å². The zero-order valence-corrected chi connectivity index (χ0v) is 24.3. The monoisotopic (exact) mass is 569 g/mol. The Morgan fingerprint density at radius 3 is 1.45 bits per heavy atom.